The SMILES string of the molecule is Cc1cc(C(=O)Nc2nc(-c3c[nH]c(C(N)=O)c3)cs2)c(C)n1C1CCCCC1. The summed E-state index contributed by atoms with van der Waals surface area (Å²) in [5, 5.41) is 5.28. The van der Waals surface area contributed by atoms with Gasteiger partial charge in [-0.3, -0.25) is 14.9 Å². The zero-order valence-corrected chi connectivity index (χ0v) is 17.4. The van der Waals surface area contributed by atoms with E-state index in [1.54, 1.807) is 12.3 Å². The van der Waals surface area contributed by atoms with Gasteiger partial charge in [0.25, 0.3) is 11.8 Å². The quantitative estimate of drug-likeness (QED) is 0.579. The van der Waals surface area contributed by atoms with E-state index in [4.69, 9.17) is 5.73 Å². The van der Waals surface area contributed by atoms with Gasteiger partial charge >= 0.3 is 0 Å². The van der Waals surface area contributed by atoms with Crippen LogP contribution in [0.15, 0.2) is 23.7 Å². The first-order valence-corrected chi connectivity index (χ1v) is 10.8. The lowest BCUT2D eigenvalue weighted by atomic mass is 9.95. The van der Waals surface area contributed by atoms with E-state index in [1.165, 1.54) is 43.4 Å². The van der Waals surface area contributed by atoms with Crippen molar-refractivity contribution in [3.63, 3.8) is 0 Å². The van der Waals surface area contributed by atoms with Crippen LogP contribution in [-0.4, -0.2) is 26.3 Å². The lowest BCUT2D eigenvalue weighted by molar-refractivity contribution is 0.0993. The first kappa shape index (κ1) is 19.4. The smallest absolute Gasteiger partial charge is 0.265 e. The second-order valence-corrected chi connectivity index (χ2v) is 8.46. The van der Waals surface area contributed by atoms with Crippen LogP contribution in [0.2, 0.25) is 0 Å². The summed E-state index contributed by atoms with van der Waals surface area (Å²) in [6.45, 7) is 4.09. The summed E-state index contributed by atoms with van der Waals surface area (Å²) < 4.78 is 2.33. The highest BCUT2D eigenvalue weighted by Gasteiger charge is 2.23. The summed E-state index contributed by atoms with van der Waals surface area (Å²) in [5.74, 6) is -0.665. The Bertz CT molecular complexity index is 1060. The van der Waals surface area contributed by atoms with Gasteiger partial charge in [-0.2, -0.15) is 0 Å². The second kappa shape index (κ2) is 7.87. The number of aromatic nitrogens is 3. The molecule has 1 aliphatic carbocycles. The molecule has 8 heteroatoms. The van der Waals surface area contributed by atoms with Crippen LogP contribution in [0, 0.1) is 13.8 Å². The molecule has 1 fully saturated rings. The molecule has 0 spiro atoms. The van der Waals surface area contributed by atoms with E-state index in [0.717, 1.165) is 17.0 Å². The summed E-state index contributed by atoms with van der Waals surface area (Å²) in [6, 6.07) is 4.12. The number of primary amides is 1. The highest BCUT2D eigenvalue weighted by atomic mass is 32.1. The number of thiazole rings is 1. The van der Waals surface area contributed by atoms with Crippen LogP contribution in [0.25, 0.3) is 11.3 Å². The van der Waals surface area contributed by atoms with E-state index in [1.807, 2.05) is 18.4 Å². The van der Waals surface area contributed by atoms with Crippen molar-refractivity contribution in [1.82, 2.24) is 14.5 Å². The van der Waals surface area contributed by atoms with E-state index >= 15 is 0 Å². The molecule has 4 rings (SSSR count). The van der Waals surface area contributed by atoms with Crippen LogP contribution in [-0.2, 0) is 0 Å². The number of nitrogens with zero attached hydrogens (tertiary/aromatic N) is 2. The number of H-pyrrole nitrogens is 1. The molecule has 3 aromatic rings. The number of aromatic amines is 1. The average Bonchev–Trinajstić information content (AvgIpc) is 3.41. The molecule has 3 heterocycles. The molecule has 4 N–H and O–H groups in total. The van der Waals surface area contributed by atoms with Crippen molar-refractivity contribution < 1.29 is 9.59 Å². The molecule has 3 aromatic heterocycles. The fourth-order valence-electron chi connectivity index (χ4n) is 4.22. The summed E-state index contributed by atoms with van der Waals surface area (Å²) in [7, 11) is 0. The van der Waals surface area contributed by atoms with Gasteiger partial charge in [-0.1, -0.05) is 19.3 Å². The largest absolute Gasteiger partial charge is 0.364 e. The Morgan fingerprint density at radius 2 is 2.00 bits per heavy atom. The summed E-state index contributed by atoms with van der Waals surface area (Å²) in [4.78, 5) is 31.4. The highest BCUT2D eigenvalue weighted by Crippen LogP contribution is 2.32. The third-order valence-corrected chi connectivity index (χ3v) is 6.40. The van der Waals surface area contributed by atoms with Gasteiger partial charge in [-0.05, 0) is 38.8 Å². The Morgan fingerprint density at radius 1 is 1.24 bits per heavy atom. The molecule has 0 bridgehead atoms. The van der Waals surface area contributed by atoms with Gasteiger partial charge < -0.3 is 15.3 Å². The van der Waals surface area contributed by atoms with Crippen molar-refractivity contribution in [2.75, 3.05) is 5.32 Å². The molecular weight excluding hydrogens is 386 g/mol. The van der Waals surface area contributed by atoms with Crippen molar-refractivity contribution in [2.24, 2.45) is 5.73 Å². The molecule has 0 unspecified atom stereocenters. The Hall–Kier alpha value is -2.87. The normalized spacial score (nSPS) is 14.8. The Kier molecular flexibility index (Phi) is 5.27. The zero-order valence-electron chi connectivity index (χ0n) is 16.6. The molecule has 152 valence electrons. The highest BCUT2D eigenvalue weighted by molar-refractivity contribution is 7.14. The monoisotopic (exact) mass is 411 g/mol. The number of carbonyl (C=O) groups is 2. The van der Waals surface area contributed by atoms with Crippen molar-refractivity contribution in [2.45, 2.75) is 52.0 Å². The number of rotatable bonds is 5. The molecule has 7 nitrogen and oxygen atoms in total. The van der Waals surface area contributed by atoms with Crippen LogP contribution in [0.3, 0.4) is 0 Å². The maximum atomic E-state index is 12.9. The molecule has 0 radical (unpaired) electrons. The van der Waals surface area contributed by atoms with Gasteiger partial charge in [0, 0.05) is 34.6 Å². The van der Waals surface area contributed by atoms with Crippen molar-refractivity contribution in [1.29, 1.82) is 0 Å². The fourth-order valence-corrected chi connectivity index (χ4v) is 4.94. The van der Waals surface area contributed by atoms with Crippen LogP contribution in [0.5, 0.6) is 0 Å². The Morgan fingerprint density at radius 3 is 2.69 bits per heavy atom. The van der Waals surface area contributed by atoms with Crippen LogP contribution in [0.1, 0.15) is 70.4 Å². The van der Waals surface area contributed by atoms with E-state index in [-0.39, 0.29) is 5.91 Å². The predicted octanol–water partition coefficient (Wildman–Crippen LogP) is 4.41. The molecule has 2 amide bonds. The van der Waals surface area contributed by atoms with E-state index in [0.29, 0.717) is 28.1 Å². The van der Waals surface area contributed by atoms with Crippen molar-refractivity contribution in [3.8, 4) is 11.3 Å². The molecule has 1 aliphatic rings. The van der Waals surface area contributed by atoms with E-state index in [9.17, 15) is 9.59 Å². The van der Waals surface area contributed by atoms with Crippen LogP contribution >= 0.6 is 11.3 Å². The van der Waals surface area contributed by atoms with Gasteiger partial charge in [0.05, 0.1) is 11.3 Å². The number of hydrogen-bond donors (Lipinski definition) is 3. The minimum absolute atomic E-state index is 0.145. The zero-order chi connectivity index (χ0) is 20.5. The molecule has 0 aliphatic heterocycles. The van der Waals surface area contributed by atoms with Gasteiger partial charge in [-0.15, -0.1) is 11.3 Å². The maximum absolute atomic E-state index is 12.9. The van der Waals surface area contributed by atoms with Gasteiger partial charge in [0.2, 0.25) is 0 Å². The van der Waals surface area contributed by atoms with Crippen LogP contribution < -0.4 is 11.1 Å². The maximum Gasteiger partial charge on any atom is 0.265 e. The number of nitrogens with two attached hydrogens (primary N) is 1. The number of amides is 2. The Balaban J connectivity index is 1.51. The minimum atomic E-state index is -0.520. The lowest BCUT2D eigenvalue weighted by Gasteiger charge is -2.26. The molecule has 29 heavy (non-hydrogen) atoms. The summed E-state index contributed by atoms with van der Waals surface area (Å²) in [5.41, 5.74) is 9.88. The number of aryl methyl sites for hydroxylation is 1. The molecule has 1 saturated carbocycles. The van der Waals surface area contributed by atoms with Gasteiger partial charge in [0.15, 0.2) is 5.13 Å². The second-order valence-electron chi connectivity index (χ2n) is 7.60. The molecular formula is C21H25N5O2S. The molecule has 0 aromatic carbocycles. The first-order valence-electron chi connectivity index (χ1n) is 9.88. The number of hydrogen-bond acceptors (Lipinski definition) is 4. The molecule has 0 atom stereocenters. The van der Waals surface area contributed by atoms with Crippen molar-refractivity contribution in [3.05, 3.63) is 46.4 Å². The fraction of sp³-hybridized carbons (Fsp3) is 0.381. The standard InChI is InChI=1S/C21H25N5O2S/c1-12-8-16(13(2)26(12)15-6-4-3-5-7-15)20(28)25-21-24-18(11-29-21)14-9-17(19(22)27)23-10-14/h8-11,15,23H,3-7H2,1-2H3,(H2,22,27)(H,24,25,28). The predicted molar refractivity (Wildman–Crippen MR) is 114 cm³/mol. The summed E-state index contributed by atoms with van der Waals surface area (Å²) in [6.07, 6.45) is 7.84. The van der Waals surface area contributed by atoms with Crippen LogP contribution in [0.4, 0.5) is 5.13 Å². The number of nitrogens with one attached hydrogen (secondary N) is 2. The van der Waals surface area contributed by atoms with E-state index < -0.39 is 5.91 Å². The van der Waals surface area contributed by atoms with Crippen molar-refractivity contribution >= 4 is 28.3 Å². The van der Waals surface area contributed by atoms with Gasteiger partial charge in [0.1, 0.15) is 5.69 Å². The lowest BCUT2D eigenvalue weighted by Crippen LogP contribution is -2.17. The summed E-state index contributed by atoms with van der Waals surface area (Å²) >= 11 is 1.35. The topological polar surface area (TPSA) is 106 Å². The number of anilines is 1. The average molecular weight is 412 g/mol. The molecule has 0 saturated heterocycles. The van der Waals surface area contributed by atoms with E-state index in [2.05, 4.69) is 26.8 Å². The third-order valence-electron chi connectivity index (χ3n) is 5.64. The minimum Gasteiger partial charge on any atom is -0.364 e. The van der Waals surface area contributed by atoms with Gasteiger partial charge in [-0.25, -0.2) is 4.98 Å². The first-order chi connectivity index (χ1) is 13.9. The third kappa shape index (κ3) is 3.85. The Labute approximate surface area is 173 Å². The number of carbonyl (C=O) groups excluding carboxylic acids is 2.